The molecule has 5 nitrogen and oxygen atoms in total. The largest absolute Gasteiger partial charge is 0.481 e. The van der Waals surface area contributed by atoms with Gasteiger partial charge >= 0.3 is 5.97 Å². The van der Waals surface area contributed by atoms with Crippen molar-refractivity contribution in [3.8, 4) is 0 Å². The Bertz CT molecular complexity index is 787. The van der Waals surface area contributed by atoms with Crippen molar-refractivity contribution in [2.45, 2.75) is 32.7 Å². The molecule has 1 atom stereocenters. The molecule has 2 N–H and O–H groups in total. The number of hydrogen-bond donors (Lipinski definition) is 2. The van der Waals surface area contributed by atoms with E-state index in [1.807, 2.05) is 38.1 Å². The number of carboxylic acids is 1. The van der Waals surface area contributed by atoms with E-state index in [0.717, 1.165) is 28.1 Å². The number of aliphatic imine (C=N–C) groups is 1. The van der Waals surface area contributed by atoms with Crippen LogP contribution in [-0.4, -0.2) is 28.7 Å². The van der Waals surface area contributed by atoms with E-state index in [4.69, 9.17) is 5.11 Å². The van der Waals surface area contributed by atoms with Gasteiger partial charge in [-0.1, -0.05) is 18.2 Å². The third-order valence-corrected chi connectivity index (χ3v) is 4.30. The van der Waals surface area contributed by atoms with Crippen molar-refractivity contribution in [3.05, 3.63) is 47.1 Å². The zero-order valence-corrected chi connectivity index (χ0v) is 13.1. The van der Waals surface area contributed by atoms with Crippen LogP contribution in [0.4, 0.5) is 5.69 Å². The number of aliphatic carboxylic acids is 1. The number of fused-ring (bicyclic) bond motifs is 1. The maximum absolute atomic E-state index is 12.2. The van der Waals surface area contributed by atoms with Crippen LogP contribution < -0.4 is 5.32 Å². The first-order valence-electron chi connectivity index (χ1n) is 7.59. The lowest BCUT2D eigenvalue weighted by Gasteiger charge is -2.06. The van der Waals surface area contributed by atoms with E-state index in [0.29, 0.717) is 12.0 Å². The maximum atomic E-state index is 12.2. The van der Waals surface area contributed by atoms with Gasteiger partial charge in [-0.2, -0.15) is 0 Å². The Hall–Kier alpha value is -2.69. The Morgan fingerprint density at radius 3 is 2.87 bits per heavy atom. The number of benzene rings is 1. The zero-order valence-electron chi connectivity index (χ0n) is 13.1. The van der Waals surface area contributed by atoms with Gasteiger partial charge in [0.05, 0.1) is 17.3 Å². The molecule has 0 saturated carbocycles. The topological polar surface area (TPSA) is 78.8 Å². The molecule has 1 amide bonds. The number of amides is 1. The maximum Gasteiger partial charge on any atom is 0.303 e. The van der Waals surface area contributed by atoms with Crippen LogP contribution in [0, 0.1) is 0 Å². The second-order valence-corrected chi connectivity index (χ2v) is 5.79. The third kappa shape index (κ3) is 2.82. The Morgan fingerprint density at radius 1 is 1.39 bits per heavy atom. The zero-order chi connectivity index (χ0) is 16.6. The first kappa shape index (κ1) is 15.2. The van der Waals surface area contributed by atoms with Gasteiger partial charge in [0.15, 0.2) is 0 Å². The number of nitrogens with one attached hydrogen (secondary N) is 1. The lowest BCUT2D eigenvalue weighted by molar-refractivity contribution is -0.137. The minimum atomic E-state index is -0.812. The molecule has 2 aliphatic rings. The quantitative estimate of drug-likeness (QED) is 0.839. The number of rotatable bonds is 4. The predicted octanol–water partition coefficient (Wildman–Crippen LogP) is 3.05. The Kier molecular flexibility index (Phi) is 3.86. The molecule has 2 heterocycles. The molecule has 1 aromatic rings. The number of allylic oxidation sites excluding steroid dienone is 2. The molecule has 0 aliphatic carbocycles. The summed E-state index contributed by atoms with van der Waals surface area (Å²) in [6.07, 6.45) is 2.39. The summed E-state index contributed by atoms with van der Waals surface area (Å²) in [5, 5.41) is 11.7. The fraction of sp³-hybridized carbons (Fsp3) is 0.278. The van der Waals surface area contributed by atoms with Crippen LogP contribution in [0.2, 0.25) is 0 Å². The van der Waals surface area contributed by atoms with E-state index in [1.54, 1.807) is 6.08 Å². The molecule has 0 fully saturated rings. The molecule has 3 rings (SSSR count). The number of para-hydroxylation sites is 1. The molecule has 118 valence electrons. The molecular weight excluding hydrogens is 292 g/mol. The second kappa shape index (κ2) is 5.83. The number of hydrogen-bond acceptors (Lipinski definition) is 3. The van der Waals surface area contributed by atoms with Crippen LogP contribution in [0.1, 0.15) is 32.3 Å². The van der Waals surface area contributed by atoms with Crippen LogP contribution in [-0.2, 0) is 9.59 Å². The number of carbonyl (C=O) groups is 2. The second-order valence-electron chi connectivity index (χ2n) is 5.79. The van der Waals surface area contributed by atoms with Crippen LogP contribution in [0.25, 0.3) is 5.57 Å². The summed E-state index contributed by atoms with van der Waals surface area (Å²) >= 11 is 0. The molecule has 0 saturated heterocycles. The summed E-state index contributed by atoms with van der Waals surface area (Å²) in [7, 11) is 0. The number of nitrogens with zero attached hydrogens (tertiary/aromatic N) is 1. The van der Waals surface area contributed by atoms with Gasteiger partial charge in [0.2, 0.25) is 0 Å². The summed E-state index contributed by atoms with van der Waals surface area (Å²) in [6, 6.07) is 7.51. The molecule has 1 unspecified atom stereocenters. The molecule has 0 spiro atoms. The summed E-state index contributed by atoms with van der Waals surface area (Å²) in [4.78, 5) is 27.6. The Labute approximate surface area is 134 Å². The van der Waals surface area contributed by atoms with Gasteiger partial charge in [-0.15, -0.1) is 0 Å². The lowest BCUT2D eigenvalue weighted by Crippen LogP contribution is -2.06. The van der Waals surface area contributed by atoms with Gasteiger partial charge in [0, 0.05) is 17.7 Å². The third-order valence-electron chi connectivity index (χ3n) is 4.30. The van der Waals surface area contributed by atoms with Crippen molar-refractivity contribution in [1.82, 2.24) is 0 Å². The van der Waals surface area contributed by atoms with Gasteiger partial charge in [0.1, 0.15) is 0 Å². The molecule has 1 aromatic carbocycles. The molecule has 0 radical (unpaired) electrons. The molecule has 0 bridgehead atoms. The van der Waals surface area contributed by atoms with E-state index in [-0.39, 0.29) is 18.4 Å². The highest BCUT2D eigenvalue weighted by atomic mass is 16.4. The van der Waals surface area contributed by atoms with Crippen molar-refractivity contribution in [1.29, 1.82) is 0 Å². The first-order valence-corrected chi connectivity index (χ1v) is 7.59. The molecule has 23 heavy (non-hydrogen) atoms. The van der Waals surface area contributed by atoms with Gasteiger partial charge in [-0.25, -0.2) is 0 Å². The van der Waals surface area contributed by atoms with Crippen molar-refractivity contribution < 1.29 is 14.7 Å². The highest BCUT2D eigenvalue weighted by Gasteiger charge is 2.27. The van der Waals surface area contributed by atoms with Crippen LogP contribution in [0.15, 0.2) is 46.5 Å². The summed E-state index contributed by atoms with van der Waals surface area (Å²) in [6.45, 7) is 3.89. The summed E-state index contributed by atoms with van der Waals surface area (Å²) in [5.74, 6) is -0.943. The van der Waals surface area contributed by atoms with Crippen molar-refractivity contribution in [2.75, 3.05) is 5.32 Å². The van der Waals surface area contributed by atoms with Gasteiger partial charge in [0.25, 0.3) is 5.91 Å². The number of carboxylic acid groups (broad SMARTS) is 1. The molecule has 5 heteroatoms. The fourth-order valence-electron chi connectivity index (χ4n) is 3.06. The molecular formula is C18H18N2O3. The SMILES string of the molecule is CC1=C(CCC(=O)O)C(C)N=C1C=C1C(=O)Nc2ccccc21. The highest BCUT2D eigenvalue weighted by Crippen LogP contribution is 2.33. The molecule has 0 aromatic heterocycles. The smallest absolute Gasteiger partial charge is 0.303 e. The predicted molar refractivity (Wildman–Crippen MR) is 89.5 cm³/mol. The average Bonchev–Trinajstić information content (AvgIpc) is 2.95. The lowest BCUT2D eigenvalue weighted by atomic mass is 9.97. The standard InChI is InChI=1S/C18H18N2O3/c1-10-12(7-8-17(21)22)11(2)19-16(10)9-14-13-5-3-4-6-15(13)20-18(14)23/h3-6,9,11H,7-8H2,1-2H3,(H,20,23)(H,21,22). The van der Waals surface area contributed by atoms with Gasteiger partial charge < -0.3 is 10.4 Å². The van der Waals surface area contributed by atoms with Gasteiger partial charge in [-0.05, 0) is 43.6 Å². The van der Waals surface area contributed by atoms with Crippen LogP contribution in [0.5, 0.6) is 0 Å². The van der Waals surface area contributed by atoms with E-state index in [2.05, 4.69) is 10.3 Å². The minimum Gasteiger partial charge on any atom is -0.481 e. The van der Waals surface area contributed by atoms with Crippen molar-refractivity contribution in [2.24, 2.45) is 4.99 Å². The normalized spacial score (nSPS) is 21.5. The number of carbonyl (C=O) groups excluding carboxylic acids is 1. The Balaban J connectivity index is 1.92. The monoisotopic (exact) mass is 310 g/mol. The molecule has 2 aliphatic heterocycles. The number of anilines is 1. The first-order chi connectivity index (χ1) is 11.0. The highest BCUT2D eigenvalue weighted by molar-refractivity contribution is 6.35. The van der Waals surface area contributed by atoms with Crippen molar-refractivity contribution >= 4 is 28.8 Å². The average molecular weight is 310 g/mol. The van der Waals surface area contributed by atoms with Crippen LogP contribution >= 0.6 is 0 Å². The van der Waals surface area contributed by atoms with Crippen molar-refractivity contribution in [3.63, 3.8) is 0 Å². The van der Waals surface area contributed by atoms with E-state index in [1.165, 1.54) is 0 Å². The fourth-order valence-corrected chi connectivity index (χ4v) is 3.06. The van der Waals surface area contributed by atoms with E-state index < -0.39 is 5.97 Å². The van der Waals surface area contributed by atoms with E-state index in [9.17, 15) is 9.59 Å². The summed E-state index contributed by atoms with van der Waals surface area (Å²) < 4.78 is 0. The van der Waals surface area contributed by atoms with Gasteiger partial charge in [-0.3, -0.25) is 14.6 Å². The van der Waals surface area contributed by atoms with E-state index >= 15 is 0 Å². The Morgan fingerprint density at radius 2 is 2.13 bits per heavy atom. The van der Waals surface area contributed by atoms with Crippen LogP contribution in [0.3, 0.4) is 0 Å². The minimum absolute atomic E-state index is 0.0408. The summed E-state index contributed by atoms with van der Waals surface area (Å²) in [5.41, 5.74) is 5.06.